The largest absolute Gasteiger partial charge is 0.478 e. The summed E-state index contributed by atoms with van der Waals surface area (Å²) in [4.78, 5) is 10.7. The molecule has 0 atom stereocenters. The van der Waals surface area contributed by atoms with Crippen molar-refractivity contribution in [2.24, 2.45) is 0 Å². The van der Waals surface area contributed by atoms with Gasteiger partial charge in [-0.15, -0.1) is 5.10 Å². The number of ether oxygens (including phenoxy) is 1. The van der Waals surface area contributed by atoms with Gasteiger partial charge in [0.15, 0.2) is 0 Å². The molecule has 2 aromatic rings. The molecule has 110 valence electrons. The lowest BCUT2D eigenvalue weighted by Crippen LogP contribution is -2.07. The maximum Gasteiger partial charge on any atom is 0.328 e. The SMILES string of the molecule is CC(C)Oc1cc(/C=C/C(=O)O)n(Cc2ccccc2)n1. The van der Waals surface area contributed by atoms with E-state index in [2.05, 4.69) is 5.10 Å². The van der Waals surface area contributed by atoms with Crippen molar-refractivity contribution < 1.29 is 14.6 Å². The predicted octanol–water partition coefficient (Wildman–Crippen LogP) is 2.82. The van der Waals surface area contributed by atoms with E-state index in [1.54, 1.807) is 10.7 Å². The van der Waals surface area contributed by atoms with E-state index in [0.717, 1.165) is 11.6 Å². The van der Waals surface area contributed by atoms with Crippen LogP contribution in [0.3, 0.4) is 0 Å². The van der Waals surface area contributed by atoms with Crippen molar-refractivity contribution in [1.29, 1.82) is 0 Å². The molecular weight excluding hydrogens is 268 g/mol. The van der Waals surface area contributed by atoms with Crippen LogP contribution in [0.2, 0.25) is 0 Å². The fourth-order valence-corrected chi connectivity index (χ4v) is 1.88. The topological polar surface area (TPSA) is 64.3 Å². The number of carboxylic acids is 1. The summed E-state index contributed by atoms with van der Waals surface area (Å²) in [6.45, 7) is 4.40. The Morgan fingerprint density at radius 1 is 1.38 bits per heavy atom. The Labute approximate surface area is 123 Å². The summed E-state index contributed by atoms with van der Waals surface area (Å²) in [7, 11) is 0. The number of rotatable bonds is 6. The van der Waals surface area contributed by atoms with E-state index in [4.69, 9.17) is 9.84 Å². The first-order valence-corrected chi connectivity index (χ1v) is 6.74. The first kappa shape index (κ1) is 14.8. The van der Waals surface area contributed by atoms with Crippen LogP contribution in [0.1, 0.15) is 25.1 Å². The van der Waals surface area contributed by atoms with Crippen LogP contribution >= 0.6 is 0 Å². The molecule has 0 fully saturated rings. The Kier molecular flexibility index (Phi) is 4.77. The van der Waals surface area contributed by atoms with Gasteiger partial charge in [0.1, 0.15) is 0 Å². The molecule has 0 aliphatic rings. The quantitative estimate of drug-likeness (QED) is 0.829. The van der Waals surface area contributed by atoms with Crippen molar-refractivity contribution in [1.82, 2.24) is 9.78 Å². The van der Waals surface area contributed by atoms with Gasteiger partial charge in [-0.1, -0.05) is 30.3 Å². The number of benzene rings is 1. The predicted molar refractivity (Wildman–Crippen MR) is 80.2 cm³/mol. The minimum absolute atomic E-state index is 0.0152. The average molecular weight is 286 g/mol. The Bertz CT molecular complexity index is 630. The zero-order valence-electron chi connectivity index (χ0n) is 12.1. The standard InChI is InChI=1S/C16H18N2O3/c1-12(2)21-15-10-14(8-9-16(19)20)18(17-15)11-13-6-4-3-5-7-13/h3-10,12H,11H2,1-2H3,(H,19,20)/b9-8+. The van der Waals surface area contributed by atoms with E-state index in [-0.39, 0.29) is 6.10 Å². The van der Waals surface area contributed by atoms with Crippen LogP contribution in [0.15, 0.2) is 42.5 Å². The molecule has 1 heterocycles. The summed E-state index contributed by atoms with van der Waals surface area (Å²) < 4.78 is 7.30. The molecule has 0 bridgehead atoms. The van der Waals surface area contributed by atoms with E-state index >= 15 is 0 Å². The van der Waals surface area contributed by atoms with Crippen LogP contribution < -0.4 is 4.74 Å². The molecule has 0 aliphatic heterocycles. The minimum atomic E-state index is -0.992. The lowest BCUT2D eigenvalue weighted by Gasteiger charge is -2.06. The van der Waals surface area contributed by atoms with Crippen LogP contribution in [-0.2, 0) is 11.3 Å². The molecule has 0 saturated heterocycles. The van der Waals surface area contributed by atoms with Crippen molar-refractivity contribution in [3.05, 3.63) is 53.7 Å². The molecule has 1 aromatic carbocycles. The zero-order valence-corrected chi connectivity index (χ0v) is 12.1. The van der Waals surface area contributed by atoms with Crippen molar-refractivity contribution in [2.75, 3.05) is 0 Å². The lowest BCUT2D eigenvalue weighted by atomic mass is 10.2. The number of aromatic nitrogens is 2. The molecule has 1 N–H and O–H groups in total. The fourth-order valence-electron chi connectivity index (χ4n) is 1.88. The van der Waals surface area contributed by atoms with E-state index < -0.39 is 5.97 Å². The smallest absolute Gasteiger partial charge is 0.328 e. The van der Waals surface area contributed by atoms with Gasteiger partial charge in [0.25, 0.3) is 0 Å². The van der Waals surface area contributed by atoms with Gasteiger partial charge in [-0.2, -0.15) is 0 Å². The molecule has 2 rings (SSSR count). The number of aliphatic carboxylic acids is 1. The van der Waals surface area contributed by atoms with Gasteiger partial charge in [-0.3, -0.25) is 4.68 Å². The van der Waals surface area contributed by atoms with E-state index in [9.17, 15) is 4.79 Å². The number of carbonyl (C=O) groups is 1. The molecule has 0 radical (unpaired) electrons. The minimum Gasteiger partial charge on any atom is -0.478 e. The van der Waals surface area contributed by atoms with Crippen LogP contribution in [0, 0.1) is 0 Å². The summed E-state index contributed by atoms with van der Waals surface area (Å²) >= 11 is 0. The first-order chi connectivity index (χ1) is 10.0. The second-order valence-electron chi connectivity index (χ2n) is 4.89. The highest BCUT2D eigenvalue weighted by molar-refractivity contribution is 5.85. The van der Waals surface area contributed by atoms with Crippen LogP contribution in [0.5, 0.6) is 5.88 Å². The van der Waals surface area contributed by atoms with E-state index in [1.807, 2.05) is 44.2 Å². The van der Waals surface area contributed by atoms with Gasteiger partial charge in [0.05, 0.1) is 18.3 Å². The van der Waals surface area contributed by atoms with E-state index in [0.29, 0.717) is 18.1 Å². The van der Waals surface area contributed by atoms with Gasteiger partial charge >= 0.3 is 5.97 Å². The number of hydrogen-bond donors (Lipinski definition) is 1. The molecule has 0 aliphatic carbocycles. The summed E-state index contributed by atoms with van der Waals surface area (Å²) in [5.41, 5.74) is 1.78. The van der Waals surface area contributed by atoms with Crippen molar-refractivity contribution in [3.8, 4) is 5.88 Å². The Morgan fingerprint density at radius 2 is 2.10 bits per heavy atom. The van der Waals surface area contributed by atoms with Crippen LogP contribution in [-0.4, -0.2) is 27.0 Å². The maximum absolute atomic E-state index is 10.7. The third-order valence-electron chi connectivity index (χ3n) is 2.72. The van der Waals surface area contributed by atoms with Gasteiger partial charge in [0, 0.05) is 12.1 Å². The summed E-state index contributed by atoms with van der Waals surface area (Å²) in [6.07, 6.45) is 2.63. The maximum atomic E-state index is 10.7. The second-order valence-corrected chi connectivity index (χ2v) is 4.89. The van der Waals surface area contributed by atoms with Gasteiger partial charge in [0.2, 0.25) is 5.88 Å². The summed E-state index contributed by atoms with van der Waals surface area (Å²) in [5.74, 6) is -0.500. The highest BCUT2D eigenvalue weighted by Gasteiger charge is 2.09. The molecule has 0 amide bonds. The van der Waals surface area contributed by atoms with E-state index in [1.165, 1.54) is 6.08 Å². The molecule has 0 spiro atoms. The molecule has 5 heteroatoms. The zero-order chi connectivity index (χ0) is 15.2. The van der Waals surface area contributed by atoms with Crippen LogP contribution in [0.25, 0.3) is 6.08 Å². The third kappa shape index (κ3) is 4.49. The van der Waals surface area contributed by atoms with Gasteiger partial charge < -0.3 is 9.84 Å². The third-order valence-corrected chi connectivity index (χ3v) is 2.72. The van der Waals surface area contributed by atoms with Crippen molar-refractivity contribution in [3.63, 3.8) is 0 Å². The Morgan fingerprint density at radius 3 is 2.71 bits per heavy atom. The summed E-state index contributed by atoms with van der Waals surface area (Å²) in [5, 5.41) is 13.1. The molecule has 0 unspecified atom stereocenters. The number of carboxylic acid groups (broad SMARTS) is 1. The molecule has 5 nitrogen and oxygen atoms in total. The van der Waals surface area contributed by atoms with Crippen LogP contribution in [0.4, 0.5) is 0 Å². The molecular formula is C16H18N2O3. The molecule has 1 aromatic heterocycles. The van der Waals surface area contributed by atoms with Gasteiger partial charge in [-0.05, 0) is 25.5 Å². The molecule has 0 saturated carbocycles. The average Bonchev–Trinajstić information content (AvgIpc) is 2.78. The lowest BCUT2D eigenvalue weighted by molar-refractivity contribution is -0.131. The summed E-state index contributed by atoms with van der Waals surface area (Å²) in [6, 6.07) is 11.6. The first-order valence-electron chi connectivity index (χ1n) is 6.74. The van der Waals surface area contributed by atoms with Gasteiger partial charge in [-0.25, -0.2) is 4.79 Å². The normalized spacial score (nSPS) is 11.2. The monoisotopic (exact) mass is 286 g/mol. The highest BCUT2D eigenvalue weighted by atomic mass is 16.5. The Balaban J connectivity index is 2.28. The fraction of sp³-hybridized carbons (Fsp3) is 0.250. The molecule has 21 heavy (non-hydrogen) atoms. The van der Waals surface area contributed by atoms with Crippen molar-refractivity contribution in [2.45, 2.75) is 26.5 Å². The highest BCUT2D eigenvalue weighted by Crippen LogP contribution is 2.16. The second kappa shape index (κ2) is 6.74. The number of hydrogen-bond acceptors (Lipinski definition) is 3. The Hall–Kier alpha value is -2.56. The number of nitrogens with zero attached hydrogens (tertiary/aromatic N) is 2. The van der Waals surface area contributed by atoms with Crippen molar-refractivity contribution >= 4 is 12.0 Å².